The van der Waals surface area contributed by atoms with Gasteiger partial charge < -0.3 is 4.98 Å². The van der Waals surface area contributed by atoms with E-state index in [0.29, 0.717) is 5.92 Å². The molecule has 1 aliphatic rings. The van der Waals surface area contributed by atoms with Crippen LogP contribution in [0.5, 0.6) is 0 Å². The zero-order valence-electron chi connectivity index (χ0n) is 13.7. The molecule has 0 spiro atoms. The molecule has 0 radical (unpaired) electrons. The molecule has 0 amide bonds. The number of pyridine rings is 1. The van der Waals surface area contributed by atoms with E-state index >= 15 is 0 Å². The van der Waals surface area contributed by atoms with Gasteiger partial charge >= 0.3 is 0 Å². The number of aryl methyl sites for hydroxylation is 2. The lowest BCUT2D eigenvalue weighted by Gasteiger charge is -2.32. The van der Waals surface area contributed by atoms with E-state index in [9.17, 15) is 0 Å². The fourth-order valence-electron chi connectivity index (χ4n) is 3.46. The van der Waals surface area contributed by atoms with Crippen LogP contribution in [0.2, 0.25) is 0 Å². The summed E-state index contributed by atoms with van der Waals surface area (Å²) < 4.78 is 1.85. The van der Waals surface area contributed by atoms with Crippen molar-refractivity contribution in [2.75, 3.05) is 13.1 Å². The first-order chi connectivity index (χ1) is 11.2. The maximum Gasteiger partial charge on any atom is 0.157 e. The summed E-state index contributed by atoms with van der Waals surface area (Å²) in [6.45, 7) is 5.18. The number of imidazole rings is 1. The minimum Gasteiger partial charge on any atom is -0.348 e. The summed E-state index contributed by atoms with van der Waals surface area (Å²) in [6, 6.07) is 4.31. The van der Waals surface area contributed by atoms with Crippen molar-refractivity contribution in [3.8, 4) is 0 Å². The highest BCUT2D eigenvalue weighted by Crippen LogP contribution is 2.27. The number of nitrogens with zero attached hydrogens (tertiary/aromatic N) is 5. The molecule has 3 aromatic rings. The van der Waals surface area contributed by atoms with Gasteiger partial charge in [-0.05, 0) is 38.4 Å². The number of nitrogens with one attached hydrogen (secondary N) is 1. The molecule has 1 fully saturated rings. The van der Waals surface area contributed by atoms with Crippen LogP contribution in [-0.4, -0.2) is 42.7 Å². The molecule has 4 rings (SSSR count). The van der Waals surface area contributed by atoms with Crippen LogP contribution >= 0.6 is 0 Å². The Morgan fingerprint density at radius 3 is 3.09 bits per heavy atom. The summed E-state index contributed by atoms with van der Waals surface area (Å²) in [6.07, 6.45) is 6.06. The Labute approximate surface area is 135 Å². The van der Waals surface area contributed by atoms with Gasteiger partial charge in [0.15, 0.2) is 5.65 Å². The third-order valence-electron chi connectivity index (χ3n) is 4.83. The average molecular weight is 310 g/mol. The molecule has 4 heterocycles. The van der Waals surface area contributed by atoms with Crippen molar-refractivity contribution < 1.29 is 0 Å². The van der Waals surface area contributed by atoms with Crippen LogP contribution in [0.4, 0.5) is 0 Å². The maximum absolute atomic E-state index is 4.86. The molecular weight excluding hydrogens is 288 g/mol. The van der Waals surface area contributed by atoms with Gasteiger partial charge in [0.25, 0.3) is 0 Å². The van der Waals surface area contributed by atoms with Gasteiger partial charge in [0, 0.05) is 42.8 Å². The maximum atomic E-state index is 4.86. The van der Waals surface area contributed by atoms with E-state index < -0.39 is 0 Å². The molecule has 1 saturated heterocycles. The predicted molar refractivity (Wildman–Crippen MR) is 89.1 cm³/mol. The van der Waals surface area contributed by atoms with Crippen molar-refractivity contribution in [2.45, 2.75) is 32.2 Å². The number of H-pyrrole nitrogens is 1. The van der Waals surface area contributed by atoms with Crippen molar-refractivity contribution in [2.24, 2.45) is 7.05 Å². The molecule has 1 N–H and O–H groups in total. The van der Waals surface area contributed by atoms with Crippen LogP contribution in [0.25, 0.3) is 11.0 Å². The van der Waals surface area contributed by atoms with Crippen molar-refractivity contribution in [3.05, 3.63) is 41.7 Å². The lowest BCUT2D eigenvalue weighted by atomic mass is 9.94. The number of aromatic nitrogens is 5. The fourth-order valence-corrected chi connectivity index (χ4v) is 3.46. The molecule has 0 unspecified atom stereocenters. The summed E-state index contributed by atoms with van der Waals surface area (Å²) >= 11 is 0. The first-order valence-electron chi connectivity index (χ1n) is 8.20. The molecule has 0 aliphatic carbocycles. The topological polar surface area (TPSA) is 62.6 Å². The van der Waals surface area contributed by atoms with E-state index in [2.05, 4.69) is 39.0 Å². The number of hydrogen-bond acceptors (Lipinski definition) is 4. The second-order valence-electron chi connectivity index (χ2n) is 6.47. The van der Waals surface area contributed by atoms with Crippen molar-refractivity contribution >= 4 is 11.0 Å². The normalized spacial score (nSPS) is 19.5. The van der Waals surface area contributed by atoms with E-state index in [-0.39, 0.29) is 0 Å². The van der Waals surface area contributed by atoms with Crippen LogP contribution in [0.1, 0.15) is 35.8 Å². The predicted octanol–water partition coefficient (Wildman–Crippen LogP) is 2.38. The van der Waals surface area contributed by atoms with E-state index in [0.717, 1.165) is 36.4 Å². The standard InChI is InChI=1S/C17H22N6/c1-12-16(19-11-18-12)10-23-7-3-4-14(9-23)15-6-5-13-8-20-22(2)17(13)21-15/h5-6,8,11,14H,3-4,7,9-10H2,1-2H3,(H,18,19)/t14-/m1/s1. The molecule has 23 heavy (non-hydrogen) atoms. The monoisotopic (exact) mass is 310 g/mol. The highest BCUT2D eigenvalue weighted by atomic mass is 15.3. The van der Waals surface area contributed by atoms with E-state index in [1.165, 1.54) is 24.2 Å². The molecule has 3 aromatic heterocycles. The molecule has 0 saturated carbocycles. The van der Waals surface area contributed by atoms with Crippen LogP contribution in [-0.2, 0) is 13.6 Å². The first kappa shape index (κ1) is 14.4. The summed E-state index contributed by atoms with van der Waals surface area (Å²) in [5.74, 6) is 0.488. The van der Waals surface area contributed by atoms with Gasteiger partial charge in [-0.2, -0.15) is 5.10 Å². The van der Waals surface area contributed by atoms with Gasteiger partial charge in [-0.15, -0.1) is 0 Å². The summed E-state index contributed by atoms with van der Waals surface area (Å²) in [4.78, 5) is 14.9. The number of piperidine rings is 1. The number of hydrogen-bond donors (Lipinski definition) is 1. The first-order valence-corrected chi connectivity index (χ1v) is 8.20. The summed E-state index contributed by atoms with van der Waals surface area (Å²) in [5.41, 5.74) is 4.48. The van der Waals surface area contributed by atoms with E-state index in [1.807, 2.05) is 17.9 Å². The Kier molecular flexibility index (Phi) is 3.61. The lowest BCUT2D eigenvalue weighted by molar-refractivity contribution is 0.196. The van der Waals surface area contributed by atoms with Crippen molar-refractivity contribution in [3.63, 3.8) is 0 Å². The molecule has 0 bridgehead atoms. The van der Waals surface area contributed by atoms with Gasteiger partial charge in [-0.3, -0.25) is 9.58 Å². The second-order valence-corrected chi connectivity index (χ2v) is 6.47. The molecule has 120 valence electrons. The molecule has 0 aromatic carbocycles. The third-order valence-corrected chi connectivity index (χ3v) is 4.83. The number of fused-ring (bicyclic) bond motifs is 1. The Balaban J connectivity index is 1.53. The second kappa shape index (κ2) is 5.77. The van der Waals surface area contributed by atoms with Gasteiger partial charge in [-0.1, -0.05) is 0 Å². The van der Waals surface area contributed by atoms with Crippen LogP contribution in [0, 0.1) is 6.92 Å². The van der Waals surface area contributed by atoms with Crippen molar-refractivity contribution in [1.29, 1.82) is 0 Å². The van der Waals surface area contributed by atoms with Crippen LogP contribution in [0.3, 0.4) is 0 Å². The smallest absolute Gasteiger partial charge is 0.157 e. The van der Waals surface area contributed by atoms with Crippen LogP contribution < -0.4 is 0 Å². The highest BCUT2D eigenvalue weighted by Gasteiger charge is 2.23. The minimum atomic E-state index is 0.488. The zero-order valence-corrected chi connectivity index (χ0v) is 13.7. The Morgan fingerprint density at radius 2 is 2.26 bits per heavy atom. The number of rotatable bonds is 3. The van der Waals surface area contributed by atoms with Gasteiger partial charge in [0.05, 0.1) is 18.2 Å². The summed E-state index contributed by atoms with van der Waals surface area (Å²) in [5, 5.41) is 5.40. The lowest BCUT2D eigenvalue weighted by Crippen LogP contribution is -2.34. The van der Waals surface area contributed by atoms with Crippen LogP contribution in [0.15, 0.2) is 24.7 Å². The number of likely N-dealkylation sites (tertiary alicyclic amines) is 1. The Hall–Kier alpha value is -2.21. The molecule has 1 atom stereocenters. The average Bonchev–Trinajstić information content (AvgIpc) is 3.14. The quantitative estimate of drug-likeness (QED) is 0.807. The fraction of sp³-hybridized carbons (Fsp3) is 0.471. The van der Waals surface area contributed by atoms with Gasteiger partial charge in [-0.25, -0.2) is 9.97 Å². The molecule has 1 aliphatic heterocycles. The largest absolute Gasteiger partial charge is 0.348 e. The SMILES string of the molecule is Cc1[nH]cnc1CN1CCC[C@@H](c2ccc3cnn(C)c3n2)C1. The summed E-state index contributed by atoms with van der Waals surface area (Å²) in [7, 11) is 1.95. The Bertz CT molecular complexity index is 817. The molecule has 6 nitrogen and oxygen atoms in total. The molecular formula is C17H22N6. The van der Waals surface area contributed by atoms with Gasteiger partial charge in [0.2, 0.25) is 0 Å². The van der Waals surface area contributed by atoms with Gasteiger partial charge in [0.1, 0.15) is 0 Å². The Morgan fingerprint density at radius 1 is 1.35 bits per heavy atom. The van der Waals surface area contributed by atoms with Crippen molar-refractivity contribution in [1.82, 2.24) is 29.6 Å². The van der Waals surface area contributed by atoms with E-state index in [1.54, 1.807) is 6.33 Å². The van der Waals surface area contributed by atoms with E-state index in [4.69, 9.17) is 4.98 Å². The number of aromatic amines is 1. The minimum absolute atomic E-state index is 0.488. The zero-order chi connectivity index (χ0) is 15.8. The highest BCUT2D eigenvalue weighted by molar-refractivity contribution is 5.74. The third kappa shape index (κ3) is 2.74. The molecule has 6 heteroatoms.